The molecule has 10 heavy (non-hydrogen) atoms. The predicted molar refractivity (Wildman–Crippen MR) is 50.7 cm³/mol. The number of nitrogens with zero attached hydrogens (tertiary/aromatic N) is 1. The van der Waals surface area contributed by atoms with Gasteiger partial charge in [0.2, 0.25) is 0 Å². The van der Waals surface area contributed by atoms with Crippen LogP contribution in [0.15, 0.2) is 0 Å². The molecular formula is C8H18BrN. The van der Waals surface area contributed by atoms with Gasteiger partial charge in [-0.2, -0.15) is 0 Å². The molecule has 0 rings (SSSR count). The summed E-state index contributed by atoms with van der Waals surface area (Å²) >= 11 is 3.42. The van der Waals surface area contributed by atoms with E-state index in [1.807, 2.05) is 0 Å². The highest BCUT2D eigenvalue weighted by Crippen LogP contribution is 2.02. The highest BCUT2D eigenvalue weighted by atomic mass is 79.9. The largest absolute Gasteiger partial charge is 0.305 e. The maximum Gasteiger partial charge on any atom is 0.0159 e. The van der Waals surface area contributed by atoms with Gasteiger partial charge in [0.1, 0.15) is 0 Å². The Morgan fingerprint density at radius 3 is 2.50 bits per heavy atom. The summed E-state index contributed by atoms with van der Waals surface area (Å²) in [5.41, 5.74) is 0. The first-order valence-electron chi connectivity index (χ1n) is 3.95. The highest BCUT2D eigenvalue weighted by Gasteiger charge is 2.02. The van der Waals surface area contributed by atoms with Crippen LogP contribution < -0.4 is 0 Å². The molecule has 0 aromatic carbocycles. The molecule has 1 unspecified atom stereocenters. The van der Waals surface area contributed by atoms with E-state index in [0.717, 1.165) is 17.8 Å². The third-order valence-electron chi connectivity index (χ3n) is 1.79. The molecule has 1 nitrogen and oxygen atoms in total. The van der Waals surface area contributed by atoms with Gasteiger partial charge in [-0.05, 0) is 13.0 Å². The zero-order valence-electron chi connectivity index (χ0n) is 7.23. The molecule has 0 aromatic heterocycles. The van der Waals surface area contributed by atoms with Crippen LogP contribution in [0.2, 0.25) is 0 Å². The van der Waals surface area contributed by atoms with E-state index in [0.29, 0.717) is 0 Å². The fourth-order valence-electron chi connectivity index (χ4n) is 0.897. The summed E-state index contributed by atoms with van der Waals surface area (Å²) in [5, 5.41) is 1.08. The van der Waals surface area contributed by atoms with Crippen molar-refractivity contribution in [1.82, 2.24) is 4.90 Å². The fraction of sp³-hybridized carbons (Fsp3) is 1.00. The average molecular weight is 208 g/mol. The zero-order valence-corrected chi connectivity index (χ0v) is 8.82. The molecule has 0 aromatic rings. The first-order valence-corrected chi connectivity index (χ1v) is 5.07. The average Bonchev–Trinajstić information content (AvgIpc) is 1.88. The van der Waals surface area contributed by atoms with E-state index < -0.39 is 0 Å². The minimum atomic E-state index is 0.837. The van der Waals surface area contributed by atoms with E-state index in [2.05, 4.69) is 41.7 Å². The molecule has 0 amide bonds. The second-order valence-electron chi connectivity index (χ2n) is 2.96. The quantitative estimate of drug-likeness (QED) is 0.627. The molecule has 0 N–H and O–H groups in total. The lowest BCUT2D eigenvalue weighted by Crippen LogP contribution is -2.25. The van der Waals surface area contributed by atoms with Crippen molar-refractivity contribution in [3.8, 4) is 0 Å². The van der Waals surface area contributed by atoms with Crippen LogP contribution in [-0.4, -0.2) is 30.4 Å². The summed E-state index contributed by atoms with van der Waals surface area (Å²) in [6, 6.07) is 0. The molecule has 0 saturated heterocycles. The molecule has 0 aliphatic carbocycles. The standard InChI is InChI=1S/C8H18BrN/c1-4-8(2)7-10(3)6-5-9/h8H,4-7H2,1-3H3. The van der Waals surface area contributed by atoms with Gasteiger partial charge in [-0.25, -0.2) is 0 Å². The molecule has 0 spiro atoms. The van der Waals surface area contributed by atoms with Crippen LogP contribution in [0, 0.1) is 5.92 Å². The molecule has 2 heteroatoms. The van der Waals surface area contributed by atoms with Gasteiger partial charge in [-0.3, -0.25) is 0 Å². The Morgan fingerprint density at radius 1 is 1.50 bits per heavy atom. The number of hydrogen-bond acceptors (Lipinski definition) is 1. The Balaban J connectivity index is 3.27. The van der Waals surface area contributed by atoms with E-state index in [4.69, 9.17) is 0 Å². The first kappa shape index (κ1) is 10.4. The Morgan fingerprint density at radius 2 is 2.10 bits per heavy atom. The van der Waals surface area contributed by atoms with Crippen molar-refractivity contribution < 1.29 is 0 Å². The second kappa shape index (κ2) is 6.17. The van der Waals surface area contributed by atoms with Gasteiger partial charge in [0.05, 0.1) is 0 Å². The molecule has 0 fully saturated rings. The lowest BCUT2D eigenvalue weighted by molar-refractivity contribution is 0.298. The van der Waals surface area contributed by atoms with Gasteiger partial charge in [-0.1, -0.05) is 36.2 Å². The van der Waals surface area contributed by atoms with Crippen LogP contribution in [0.1, 0.15) is 20.3 Å². The first-order chi connectivity index (χ1) is 4.70. The van der Waals surface area contributed by atoms with Crippen molar-refractivity contribution in [2.75, 3.05) is 25.5 Å². The van der Waals surface area contributed by atoms with Gasteiger partial charge in [-0.15, -0.1) is 0 Å². The summed E-state index contributed by atoms with van der Waals surface area (Å²) in [5.74, 6) is 0.837. The van der Waals surface area contributed by atoms with Crippen LogP contribution in [0.3, 0.4) is 0 Å². The summed E-state index contributed by atoms with van der Waals surface area (Å²) in [6.07, 6.45) is 1.28. The second-order valence-corrected chi connectivity index (χ2v) is 3.76. The van der Waals surface area contributed by atoms with Crippen LogP contribution >= 0.6 is 15.9 Å². The fourth-order valence-corrected chi connectivity index (χ4v) is 1.50. The van der Waals surface area contributed by atoms with Crippen LogP contribution in [-0.2, 0) is 0 Å². The van der Waals surface area contributed by atoms with Crippen molar-refractivity contribution in [3.05, 3.63) is 0 Å². The van der Waals surface area contributed by atoms with E-state index in [-0.39, 0.29) is 0 Å². The highest BCUT2D eigenvalue weighted by molar-refractivity contribution is 9.09. The summed E-state index contributed by atoms with van der Waals surface area (Å²) in [4.78, 5) is 2.36. The van der Waals surface area contributed by atoms with Crippen molar-refractivity contribution in [3.63, 3.8) is 0 Å². The zero-order chi connectivity index (χ0) is 7.98. The summed E-state index contributed by atoms with van der Waals surface area (Å²) in [6.45, 7) is 6.92. The molecule has 0 bridgehead atoms. The van der Waals surface area contributed by atoms with Crippen molar-refractivity contribution >= 4 is 15.9 Å². The summed E-state index contributed by atoms with van der Waals surface area (Å²) < 4.78 is 0. The van der Waals surface area contributed by atoms with E-state index in [9.17, 15) is 0 Å². The number of halogens is 1. The predicted octanol–water partition coefficient (Wildman–Crippen LogP) is 2.36. The SMILES string of the molecule is CCC(C)CN(C)CCBr. The van der Waals surface area contributed by atoms with Crippen LogP contribution in [0.5, 0.6) is 0 Å². The maximum absolute atomic E-state index is 3.42. The lowest BCUT2D eigenvalue weighted by atomic mass is 10.1. The van der Waals surface area contributed by atoms with E-state index >= 15 is 0 Å². The monoisotopic (exact) mass is 207 g/mol. The molecular weight excluding hydrogens is 190 g/mol. The van der Waals surface area contributed by atoms with E-state index in [1.54, 1.807) is 0 Å². The molecule has 0 heterocycles. The third kappa shape index (κ3) is 5.24. The smallest absolute Gasteiger partial charge is 0.0159 e. The van der Waals surface area contributed by atoms with Crippen LogP contribution in [0.25, 0.3) is 0 Å². The Hall–Kier alpha value is 0.440. The van der Waals surface area contributed by atoms with Crippen molar-refractivity contribution in [2.24, 2.45) is 5.92 Å². The normalized spacial score (nSPS) is 14.1. The van der Waals surface area contributed by atoms with Crippen molar-refractivity contribution in [1.29, 1.82) is 0 Å². The van der Waals surface area contributed by atoms with Crippen LogP contribution in [0.4, 0.5) is 0 Å². The van der Waals surface area contributed by atoms with Gasteiger partial charge in [0.25, 0.3) is 0 Å². The van der Waals surface area contributed by atoms with Gasteiger partial charge >= 0.3 is 0 Å². The number of hydrogen-bond donors (Lipinski definition) is 0. The van der Waals surface area contributed by atoms with Gasteiger partial charge in [0, 0.05) is 18.4 Å². The minimum Gasteiger partial charge on any atom is -0.305 e. The Labute approximate surface area is 72.9 Å². The Bertz CT molecular complexity index is 75.7. The molecule has 0 saturated carbocycles. The molecule has 0 aliphatic rings. The van der Waals surface area contributed by atoms with Gasteiger partial charge < -0.3 is 4.90 Å². The minimum absolute atomic E-state index is 0.837. The molecule has 62 valence electrons. The van der Waals surface area contributed by atoms with Gasteiger partial charge in [0.15, 0.2) is 0 Å². The number of alkyl halides is 1. The Kier molecular flexibility index (Phi) is 6.44. The molecule has 0 radical (unpaired) electrons. The molecule has 0 aliphatic heterocycles. The molecule has 1 atom stereocenters. The summed E-state index contributed by atoms with van der Waals surface area (Å²) in [7, 11) is 2.17. The maximum atomic E-state index is 3.42. The number of rotatable bonds is 5. The lowest BCUT2D eigenvalue weighted by Gasteiger charge is -2.18. The topological polar surface area (TPSA) is 3.24 Å². The van der Waals surface area contributed by atoms with E-state index in [1.165, 1.54) is 13.0 Å². The third-order valence-corrected chi connectivity index (χ3v) is 2.14. The van der Waals surface area contributed by atoms with Crippen molar-refractivity contribution in [2.45, 2.75) is 20.3 Å².